The summed E-state index contributed by atoms with van der Waals surface area (Å²) in [5.41, 5.74) is 4.04. The molecule has 1 atom stereocenters. The predicted molar refractivity (Wildman–Crippen MR) is 85.8 cm³/mol. The van der Waals surface area contributed by atoms with E-state index in [-0.39, 0.29) is 5.75 Å². The molecule has 2 aliphatic heterocycles. The number of hydrogen-bond acceptors (Lipinski definition) is 6. The van der Waals surface area contributed by atoms with Crippen molar-refractivity contribution in [1.29, 1.82) is 0 Å². The molecule has 0 saturated carbocycles. The van der Waals surface area contributed by atoms with Gasteiger partial charge in [0, 0.05) is 23.6 Å². The number of aliphatic hydroxyl groups is 1. The van der Waals surface area contributed by atoms with E-state index in [0.29, 0.717) is 21.2 Å². The standard InChI is InChI=1S/C15H18FN3O2S/c1-9-6-11(16)7-10(13(9)20)8-12-14(21)18-15(22-12)19-5-3-2-4-17-19/h6-8,14,17,20-21H,2-5H2,1H3/b12-8-. The summed E-state index contributed by atoms with van der Waals surface area (Å²) in [6.45, 7) is 3.37. The minimum Gasteiger partial charge on any atom is -0.507 e. The maximum absolute atomic E-state index is 13.5. The average molecular weight is 323 g/mol. The molecule has 3 rings (SSSR count). The van der Waals surface area contributed by atoms with E-state index in [9.17, 15) is 14.6 Å². The summed E-state index contributed by atoms with van der Waals surface area (Å²) in [5.74, 6) is -0.398. The summed E-state index contributed by atoms with van der Waals surface area (Å²) in [7, 11) is 0. The summed E-state index contributed by atoms with van der Waals surface area (Å²) in [6.07, 6.45) is 2.80. The molecule has 1 saturated heterocycles. The topological polar surface area (TPSA) is 68.1 Å². The Balaban J connectivity index is 1.82. The number of aryl methyl sites for hydroxylation is 1. The van der Waals surface area contributed by atoms with Gasteiger partial charge in [-0.05, 0) is 43.5 Å². The Hall–Kier alpha value is -1.57. The molecule has 1 aromatic carbocycles. The van der Waals surface area contributed by atoms with E-state index < -0.39 is 12.0 Å². The van der Waals surface area contributed by atoms with Gasteiger partial charge in [-0.25, -0.2) is 14.8 Å². The molecular formula is C15H18FN3O2S. The molecule has 0 amide bonds. The second-order valence-electron chi connectivity index (χ2n) is 5.36. The van der Waals surface area contributed by atoms with Crippen LogP contribution in [0.15, 0.2) is 22.0 Å². The van der Waals surface area contributed by atoms with E-state index in [2.05, 4.69) is 10.4 Å². The highest BCUT2D eigenvalue weighted by Gasteiger charge is 2.27. The molecule has 118 valence electrons. The normalized spacial score (nSPS) is 24.0. The first-order chi connectivity index (χ1) is 10.5. The van der Waals surface area contributed by atoms with E-state index in [1.165, 1.54) is 23.9 Å². The largest absolute Gasteiger partial charge is 0.507 e. The summed E-state index contributed by atoms with van der Waals surface area (Å²) < 4.78 is 13.5. The summed E-state index contributed by atoms with van der Waals surface area (Å²) >= 11 is 1.33. The first kappa shape index (κ1) is 15.3. The Kier molecular flexibility index (Phi) is 4.37. The lowest BCUT2D eigenvalue weighted by atomic mass is 10.1. The van der Waals surface area contributed by atoms with Crippen LogP contribution in [0.2, 0.25) is 0 Å². The number of hydrogen-bond donors (Lipinski definition) is 3. The molecule has 1 unspecified atom stereocenters. The van der Waals surface area contributed by atoms with Gasteiger partial charge >= 0.3 is 0 Å². The summed E-state index contributed by atoms with van der Waals surface area (Å²) in [4.78, 5) is 4.79. The SMILES string of the molecule is Cc1cc(F)cc(/C=C2\SC(N3CCCCN3)=NC2O)c1O. The molecule has 1 aromatic rings. The van der Waals surface area contributed by atoms with Gasteiger partial charge in [-0.3, -0.25) is 5.01 Å². The number of aromatic hydroxyl groups is 1. The number of nitrogens with zero attached hydrogens (tertiary/aromatic N) is 2. The summed E-state index contributed by atoms with van der Waals surface area (Å²) in [5, 5.41) is 22.7. The second kappa shape index (κ2) is 6.28. The minimum absolute atomic E-state index is 0.0197. The van der Waals surface area contributed by atoms with Crippen LogP contribution >= 0.6 is 11.8 Å². The maximum atomic E-state index is 13.5. The molecule has 5 nitrogen and oxygen atoms in total. The molecule has 2 aliphatic rings. The highest BCUT2D eigenvalue weighted by Crippen LogP contribution is 2.35. The lowest BCUT2D eigenvalue weighted by Gasteiger charge is -2.28. The van der Waals surface area contributed by atoms with Crippen molar-refractivity contribution in [3.8, 4) is 5.75 Å². The van der Waals surface area contributed by atoms with Crippen LogP contribution in [-0.4, -0.2) is 39.7 Å². The Morgan fingerprint density at radius 1 is 1.45 bits per heavy atom. The number of hydrazine groups is 1. The number of thioether (sulfide) groups is 1. The van der Waals surface area contributed by atoms with Crippen molar-refractivity contribution < 1.29 is 14.6 Å². The van der Waals surface area contributed by atoms with Gasteiger partial charge in [0.1, 0.15) is 11.6 Å². The molecule has 7 heteroatoms. The third-order valence-electron chi connectivity index (χ3n) is 3.63. The molecule has 1 fully saturated rings. The van der Waals surface area contributed by atoms with Crippen LogP contribution in [0.1, 0.15) is 24.0 Å². The molecule has 3 N–H and O–H groups in total. The molecule has 0 aromatic heterocycles. The Morgan fingerprint density at radius 3 is 3.00 bits per heavy atom. The average Bonchev–Trinajstić information content (AvgIpc) is 2.86. The number of amidine groups is 1. The quantitative estimate of drug-likeness (QED) is 0.739. The highest BCUT2D eigenvalue weighted by atomic mass is 32.2. The fraction of sp³-hybridized carbons (Fsp3) is 0.400. The summed E-state index contributed by atoms with van der Waals surface area (Å²) in [6, 6.07) is 2.52. The van der Waals surface area contributed by atoms with Crippen LogP contribution < -0.4 is 5.43 Å². The van der Waals surface area contributed by atoms with Gasteiger partial charge in [-0.1, -0.05) is 11.8 Å². The predicted octanol–water partition coefficient (Wildman–Crippen LogP) is 2.20. The van der Waals surface area contributed by atoms with E-state index >= 15 is 0 Å². The molecule has 22 heavy (non-hydrogen) atoms. The maximum Gasteiger partial charge on any atom is 0.181 e. The number of phenols is 1. The highest BCUT2D eigenvalue weighted by molar-refractivity contribution is 8.17. The third kappa shape index (κ3) is 3.11. The number of nitrogens with one attached hydrogen (secondary N) is 1. The van der Waals surface area contributed by atoms with Crippen LogP contribution in [0.4, 0.5) is 4.39 Å². The van der Waals surface area contributed by atoms with E-state index in [1.54, 1.807) is 13.0 Å². The van der Waals surface area contributed by atoms with Crippen LogP contribution in [0.25, 0.3) is 6.08 Å². The minimum atomic E-state index is -0.980. The molecule has 0 spiro atoms. The van der Waals surface area contributed by atoms with Crippen LogP contribution in [-0.2, 0) is 0 Å². The van der Waals surface area contributed by atoms with Gasteiger partial charge in [0.25, 0.3) is 0 Å². The third-order valence-corrected chi connectivity index (χ3v) is 4.70. The lowest BCUT2D eigenvalue weighted by Crippen LogP contribution is -2.45. The molecule has 0 bridgehead atoms. The number of aliphatic imine (C=N–C) groups is 1. The lowest BCUT2D eigenvalue weighted by molar-refractivity contribution is 0.224. The Morgan fingerprint density at radius 2 is 2.27 bits per heavy atom. The van der Waals surface area contributed by atoms with Crippen molar-refractivity contribution in [1.82, 2.24) is 10.4 Å². The second-order valence-corrected chi connectivity index (χ2v) is 6.40. The van der Waals surface area contributed by atoms with E-state index in [4.69, 9.17) is 0 Å². The van der Waals surface area contributed by atoms with Crippen molar-refractivity contribution in [3.63, 3.8) is 0 Å². The Bertz CT molecular complexity index is 642. The van der Waals surface area contributed by atoms with Crippen molar-refractivity contribution in [2.75, 3.05) is 13.1 Å². The monoisotopic (exact) mass is 323 g/mol. The van der Waals surface area contributed by atoms with Crippen LogP contribution in [0, 0.1) is 12.7 Å². The van der Waals surface area contributed by atoms with Gasteiger partial charge in [-0.2, -0.15) is 0 Å². The zero-order valence-electron chi connectivity index (χ0n) is 12.2. The van der Waals surface area contributed by atoms with E-state index in [1.807, 2.05) is 5.01 Å². The molecule has 0 aliphatic carbocycles. The molecule has 0 radical (unpaired) electrons. The van der Waals surface area contributed by atoms with Gasteiger partial charge in [0.2, 0.25) is 0 Å². The number of halogens is 1. The number of phenolic OH excluding ortho intramolecular Hbond substituents is 1. The fourth-order valence-electron chi connectivity index (χ4n) is 2.46. The van der Waals surface area contributed by atoms with Gasteiger partial charge in [-0.15, -0.1) is 0 Å². The van der Waals surface area contributed by atoms with Crippen molar-refractivity contribution >= 4 is 23.0 Å². The first-order valence-corrected chi connectivity index (χ1v) is 8.02. The number of rotatable bonds is 1. The van der Waals surface area contributed by atoms with Crippen LogP contribution in [0.3, 0.4) is 0 Å². The van der Waals surface area contributed by atoms with Crippen molar-refractivity contribution in [2.45, 2.75) is 26.0 Å². The number of benzene rings is 1. The molecule has 2 heterocycles. The smallest absolute Gasteiger partial charge is 0.181 e. The van der Waals surface area contributed by atoms with Gasteiger partial charge in [0.15, 0.2) is 11.4 Å². The van der Waals surface area contributed by atoms with Crippen molar-refractivity contribution in [3.05, 3.63) is 34.0 Å². The van der Waals surface area contributed by atoms with Crippen LogP contribution in [0.5, 0.6) is 5.75 Å². The van der Waals surface area contributed by atoms with Gasteiger partial charge in [0.05, 0.1) is 0 Å². The van der Waals surface area contributed by atoms with Crippen molar-refractivity contribution in [2.24, 2.45) is 4.99 Å². The number of aliphatic hydroxyl groups excluding tert-OH is 1. The molecular weight excluding hydrogens is 305 g/mol. The van der Waals surface area contributed by atoms with Gasteiger partial charge < -0.3 is 10.2 Å². The van der Waals surface area contributed by atoms with E-state index in [0.717, 1.165) is 25.9 Å². The zero-order valence-corrected chi connectivity index (χ0v) is 13.0. The first-order valence-electron chi connectivity index (χ1n) is 7.20. The zero-order chi connectivity index (χ0) is 15.7. The fourth-order valence-corrected chi connectivity index (χ4v) is 3.43. The Labute approximate surface area is 132 Å².